The van der Waals surface area contributed by atoms with Crippen LogP contribution in [0.5, 0.6) is 0 Å². The van der Waals surface area contributed by atoms with Gasteiger partial charge in [0.25, 0.3) is 0 Å². The zero-order valence-electron chi connectivity index (χ0n) is 17.5. The topological polar surface area (TPSA) is 87.6 Å². The summed E-state index contributed by atoms with van der Waals surface area (Å²) in [5.41, 5.74) is 9.70. The van der Waals surface area contributed by atoms with E-state index in [0.29, 0.717) is 13.0 Å². The van der Waals surface area contributed by atoms with Gasteiger partial charge in [0, 0.05) is 11.0 Å². The lowest BCUT2D eigenvalue weighted by atomic mass is 9.82. The van der Waals surface area contributed by atoms with Crippen LogP contribution in [0.1, 0.15) is 82.1 Å². The van der Waals surface area contributed by atoms with E-state index in [1.807, 2.05) is 34.6 Å². The molecule has 0 saturated heterocycles. The summed E-state index contributed by atoms with van der Waals surface area (Å²) < 4.78 is 11.6. The van der Waals surface area contributed by atoms with Crippen LogP contribution in [0.3, 0.4) is 0 Å². The Labute approximate surface area is 148 Å². The Hall–Kier alpha value is -0.650. The summed E-state index contributed by atoms with van der Waals surface area (Å²) in [7, 11) is 0. The van der Waals surface area contributed by atoms with Crippen molar-refractivity contribution < 1.29 is 14.3 Å². The van der Waals surface area contributed by atoms with Crippen LogP contribution in [-0.4, -0.2) is 34.9 Å². The Kier molecular flexibility index (Phi) is 7.11. The summed E-state index contributed by atoms with van der Waals surface area (Å²) in [5.74, 6) is -0.413. The molecule has 0 aromatic carbocycles. The van der Waals surface area contributed by atoms with Gasteiger partial charge in [0.1, 0.15) is 5.54 Å². The number of carbonyl (C=O) groups excluding carboxylic acids is 1. The third-order valence-electron chi connectivity index (χ3n) is 3.37. The summed E-state index contributed by atoms with van der Waals surface area (Å²) >= 11 is 0. The van der Waals surface area contributed by atoms with E-state index in [9.17, 15) is 4.79 Å². The summed E-state index contributed by atoms with van der Waals surface area (Å²) in [6.07, 6.45) is 1.12. The van der Waals surface area contributed by atoms with E-state index in [-0.39, 0.29) is 16.6 Å². The van der Waals surface area contributed by atoms with E-state index in [1.165, 1.54) is 0 Å². The number of hydrogen-bond acceptors (Lipinski definition) is 5. The number of nitrogens with two attached hydrogens (primary N) is 2. The van der Waals surface area contributed by atoms with Crippen LogP contribution in [0, 0.1) is 5.41 Å². The van der Waals surface area contributed by atoms with Crippen LogP contribution < -0.4 is 11.5 Å². The Morgan fingerprint density at radius 3 is 1.67 bits per heavy atom. The molecule has 0 aliphatic carbocycles. The van der Waals surface area contributed by atoms with E-state index in [0.717, 1.165) is 6.42 Å². The first kappa shape index (κ1) is 23.4. The first-order valence-corrected chi connectivity index (χ1v) is 8.70. The maximum atomic E-state index is 12.3. The second-order valence-corrected chi connectivity index (χ2v) is 10.5. The molecule has 1 unspecified atom stereocenters. The first-order valence-electron chi connectivity index (χ1n) is 8.70. The van der Waals surface area contributed by atoms with Crippen molar-refractivity contribution in [3.05, 3.63) is 0 Å². The molecule has 0 spiro atoms. The normalized spacial score (nSPS) is 16.7. The highest BCUT2D eigenvalue weighted by Crippen LogP contribution is 2.33. The van der Waals surface area contributed by atoms with Crippen molar-refractivity contribution >= 4 is 5.97 Å². The highest BCUT2D eigenvalue weighted by Gasteiger charge is 2.38. The molecule has 0 aromatic rings. The van der Waals surface area contributed by atoms with Crippen molar-refractivity contribution in [3.8, 4) is 0 Å². The molecule has 0 saturated carbocycles. The monoisotopic (exact) mass is 344 g/mol. The van der Waals surface area contributed by atoms with Crippen molar-refractivity contribution in [1.29, 1.82) is 0 Å². The largest absolute Gasteiger partial charge is 0.464 e. The molecular formula is C19H40N2O3. The molecule has 5 heteroatoms. The van der Waals surface area contributed by atoms with Crippen LogP contribution in [0.2, 0.25) is 0 Å². The molecule has 0 aliphatic rings. The molecule has 0 aliphatic heterocycles. The lowest BCUT2D eigenvalue weighted by molar-refractivity contribution is -0.159. The second-order valence-electron chi connectivity index (χ2n) is 10.5. The maximum Gasteiger partial charge on any atom is 0.325 e. The number of rotatable bonds is 8. The van der Waals surface area contributed by atoms with Crippen molar-refractivity contribution in [2.75, 3.05) is 6.61 Å². The van der Waals surface area contributed by atoms with Crippen molar-refractivity contribution in [3.63, 3.8) is 0 Å². The fourth-order valence-electron chi connectivity index (χ4n) is 3.51. The molecule has 0 fully saturated rings. The zero-order valence-corrected chi connectivity index (χ0v) is 17.5. The maximum absolute atomic E-state index is 12.3. The van der Waals surface area contributed by atoms with Crippen LogP contribution in [-0.2, 0) is 14.3 Å². The number of hydrogen-bond donors (Lipinski definition) is 2. The number of esters is 1. The van der Waals surface area contributed by atoms with Gasteiger partial charge >= 0.3 is 5.97 Å². The lowest BCUT2D eigenvalue weighted by Crippen LogP contribution is -2.53. The highest BCUT2D eigenvalue weighted by atomic mass is 16.5. The predicted molar refractivity (Wildman–Crippen MR) is 99.7 cm³/mol. The molecule has 0 rings (SSSR count). The molecule has 24 heavy (non-hydrogen) atoms. The van der Waals surface area contributed by atoms with E-state index in [1.54, 1.807) is 6.92 Å². The SMILES string of the molecule is CC(C)(N)CC(C)(N)C(=O)OCC(C)(C)CC(C)(C)OC(C)(C)C. The van der Waals surface area contributed by atoms with Gasteiger partial charge < -0.3 is 20.9 Å². The molecule has 1 atom stereocenters. The van der Waals surface area contributed by atoms with Gasteiger partial charge in [-0.2, -0.15) is 0 Å². The van der Waals surface area contributed by atoms with Crippen LogP contribution in [0.15, 0.2) is 0 Å². The predicted octanol–water partition coefficient (Wildman–Crippen LogP) is 3.38. The van der Waals surface area contributed by atoms with Crippen LogP contribution >= 0.6 is 0 Å². The van der Waals surface area contributed by atoms with Gasteiger partial charge in [-0.3, -0.25) is 4.79 Å². The quantitative estimate of drug-likeness (QED) is 0.659. The molecule has 144 valence electrons. The molecule has 5 nitrogen and oxygen atoms in total. The van der Waals surface area contributed by atoms with Crippen LogP contribution in [0.25, 0.3) is 0 Å². The standard InChI is InChI=1S/C19H40N2O3/c1-15(2,3)24-18(8,9)11-16(4,5)13-23-14(22)19(10,21)12-17(6,7)20/h11-13,20-21H2,1-10H3. The Morgan fingerprint density at radius 1 is 0.833 bits per heavy atom. The van der Waals surface area contributed by atoms with E-state index >= 15 is 0 Å². The van der Waals surface area contributed by atoms with Gasteiger partial charge in [-0.1, -0.05) is 13.8 Å². The second kappa shape index (κ2) is 7.30. The zero-order chi connectivity index (χ0) is 19.6. The van der Waals surface area contributed by atoms with Crippen LogP contribution in [0.4, 0.5) is 0 Å². The molecule has 0 radical (unpaired) electrons. The minimum Gasteiger partial charge on any atom is -0.464 e. The number of carbonyl (C=O) groups is 1. The molecule has 0 aromatic heterocycles. The van der Waals surface area contributed by atoms with Crippen molar-refractivity contribution in [2.45, 2.75) is 104 Å². The average molecular weight is 345 g/mol. The third kappa shape index (κ3) is 10.3. The summed E-state index contributed by atoms with van der Waals surface area (Å²) in [4.78, 5) is 12.3. The number of ether oxygens (including phenoxy) is 2. The van der Waals surface area contributed by atoms with Gasteiger partial charge in [-0.15, -0.1) is 0 Å². The van der Waals surface area contributed by atoms with E-state index in [4.69, 9.17) is 20.9 Å². The van der Waals surface area contributed by atoms with Gasteiger partial charge in [0.2, 0.25) is 0 Å². The van der Waals surface area contributed by atoms with Crippen molar-refractivity contribution in [2.24, 2.45) is 16.9 Å². The molecule has 0 bridgehead atoms. The minimum absolute atomic E-state index is 0.223. The lowest BCUT2D eigenvalue weighted by Gasteiger charge is -2.39. The molecule has 4 N–H and O–H groups in total. The minimum atomic E-state index is -1.09. The smallest absolute Gasteiger partial charge is 0.325 e. The third-order valence-corrected chi connectivity index (χ3v) is 3.37. The van der Waals surface area contributed by atoms with Gasteiger partial charge in [0.05, 0.1) is 17.8 Å². The summed E-state index contributed by atoms with van der Waals surface area (Å²) in [6, 6.07) is 0. The Balaban J connectivity index is 4.75. The highest BCUT2D eigenvalue weighted by molar-refractivity contribution is 5.80. The molecular weight excluding hydrogens is 304 g/mol. The average Bonchev–Trinajstić information content (AvgIpc) is 2.16. The molecule has 0 amide bonds. The fraction of sp³-hybridized carbons (Fsp3) is 0.947. The summed E-state index contributed by atoms with van der Waals surface area (Å²) in [6.45, 7) is 20.0. The van der Waals surface area contributed by atoms with E-state index in [2.05, 4.69) is 27.7 Å². The van der Waals surface area contributed by atoms with Gasteiger partial charge in [-0.25, -0.2) is 0 Å². The van der Waals surface area contributed by atoms with Gasteiger partial charge in [0.15, 0.2) is 0 Å². The summed E-state index contributed by atoms with van der Waals surface area (Å²) in [5, 5.41) is 0. The fourth-order valence-corrected chi connectivity index (χ4v) is 3.51. The van der Waals surface area contributed by atoms with Crippen molar-refractivity contribution in [1.82, 2.24) is 0 Å². The Morgan fingerprint density at radius 2 is 1.29 bits per heavy atom. The first-order chi connectivity index (χ1) is 10.2. The Bertz CT molecular complexity index is 427. The van der Waals surface area contributed by atoms with Gasteiger partial charge in [-0.05, 0) is 68.2 Å². The van der Waals surface area contributed by atoms with E-state index < -0.39 is 17.0 Å². The molecule has 0 heterocycles.